The lowest BCUT2D eigenvalue weighted by Crippen LogP contribution is -2.49. The zero-order valence-corrected chi connectivity index (χ0v) is 7.48. The van der Waals surface area contributed by atoms with Gasteiger partial charge in [0.15, 0.2) is 0 Å². The summed E-state index contributed by atoms with van der Waals surface area (Å²) in [5.74, 6) is 0.260. The highest BCUT2D eigenvalue weighted by Gasteiger charge is 2.19. The second kappa shape index (κ2) is 4.11. The second-order valence-corrected chi connectivity index (χ2v) is 2.84. The number of hydrogen-bond acceptors (Lipinski definition) is 4. The van der Waals surface area contributed by atoms with Crippen molar-refractivity contribution in [3.8, 4) is 0 Å². The summed E-state index contributed by atoms with van der Waals surface area (Å²) < 4.78 is 5.31. The number of nitrogens with one attached hydrogen (secondary N) is 3. The van der Waals surface area contributed by atoms with Gasteiger partial charge in [-0.1, -0.05) is 0 Å². The van der Waals surface area contributed by atoms with Crippen LogP contribution in [-0.4, -0.2) is 32.1 Å². The predicted molar refractivity (Wildman–Crippen MR) is 48.3 cm³/mol. The van der Waals surface area contributed by atoms with E-state index in [-0.39, 0.29) is 12.0 Å². The third kappa shape index (κ3) is 2.23. The van der Waals surface area contributed by atoms with Gasteiger partial charge in [0.2, 0.25) is 5.90 Å². The first kappa shape index (κ1) is 9.06. The zero-order valence-electron chi connectivity index (χ0n) is 7.48. The Morgan fingerprint density at radius 1 is 1.67 bits per heavy atom. The van der Waals surface area contributed by atoms with Gasteiger partial charge in [0.25, 0.3) is 0 Å². The van der Waals surface area contributed by atoms with Crippen molar-refractivity contribution in [1.82, 2.24) is 10.6 Å². The van der Waals surface area contributed by atoms with Gasteiger partial charge in [-0.2, -0.15) is 0 Å². The average Bonchev–Trinajstić information content (AvgIpc) is 1.97. The molecule has 4 nitrogen and oxygen atoms in total. The molecule has 0 aromatic rings. The van der Waals surface area contributed by atoms with Crippen molar-refractivity contribution >= 4 is 5.90 Å². The molecule has 0 aromatic carbocycles. The van der Waals surface area contributed by atoms with Gasteiger partial charge in [-0.05, 0) is 6.92 Å². The molecule has 68 valence electrons. The van der Waals surface area contributed by atoms with Gasteiger partial charge in [0.05, 0.1) is 0 Å². The van der Waals surface area contributed by atoms with E-state index in [1.165, 1.54) is 0 Å². The Hall–Kier alpha value is -1.03. The van der Waals surface area contributed by atoms with Crippen molar-refractivity contribution in [2.24, 2.45) is 0 Å². The molecule has 0 amide bonds. The second-order valence-electron chi connectivity index (χ2n) is 2.84. The molecule has 0 unspecified atom stereocenters. The lowest BCUT2D eigenvalue weighted by atomic mass is 10.2. The number of rotatable bonds is 3. The Balaban J connectivity index is 2.31. The first-order valence-electron chi connectivity index (χ1n) is 4.04. The van der Waals surface area contributed by atoms with Crippen LogP contribution in [0.1, 0.15) is 6.92 Å². The molecule has 12 heavy (non-hydrogen) atoms. The van der Waals surface area contributed by atoms with Crippen LogP contribution in [0.3, 0.4) is 0 Å². The molecule has 0 aliphatic carbocycles. The molecule has 1 aliphatic heterocycles. The molecule has 1 rings (SSSR count). The fourth-order valence-electron chi connectivity index (χ4n) is 0.887. The summed E-state index contributed by atoms with van der Waals surface area (Å²) in [4.78, 5) is 0. The highest BCUT2D eigenvalue weighted by atomic mass is 16.5. The van der Waals surface area contributed by atoms with Crippen LogP contribution in [0.4, 0.5) is 0 Å². The van der Waals surface area contributed by atoms with E-state index in [1.54, 1.807) is 6.20 Å². The quantitative estimate of drug-likeness (QED) is 0.414. The van der Waals surface area contributed by atoms with Crippen LogP contribution in [0.5, 0.6) is 0 Å². The summed E-state index contributed by atoms with van der Waals surface area (Å²) in [6, 6.07) is 0. The van der Waals surface area contributed by atoms with E-state index in [0.717, 1.165) is 18.7 Å². The summed E-state index contributed by atoms with van der Waals surface area (Å²) in [6.45, 7) is 3.56. The molecule has 3 N–H and O–H groups in total. The van der Waals surface area contributed by atoms with Crippen LogP contribution in [0.15, 0.2) is 11.8 Å². The van der Waals surface area contributed by atoms with Gasteiger partial charge >= 0.3 is 0 Å². The van der Waals surface area contributed by atoms with Gasteiger partial charge in [0.1, 0.15) is 6.10 Å². The van der Waals surface area contributed by atoms with E-state index in [4.69, 9.17) is 10.1 Å². The van der Waals surface area contributed by atoms with Crippen LogP contribution >= 0.6 is 0 Å². The van der Waals surface area contributed by atoms with Gasteiger partial charge in [-0.15, -0.1) is 0 Å². The molecule has 1 fully saturated rings. The molecular formula is C8H15N3O. The SMILES string of the molecule is CN/C=C(\C)C(=N)OC1CNC1. The summed E-state index contributed by atoms with van der Waals surface area (Å²) in [5, 5.41) is 13.4. The highest BCUT2D eigenvalue weighted by molar-refractivity contribution is 5.90. The van der Waals surface area contributed by atoms with Gasteiger partial charge in [-0.25, -0.2) is 0 Å². The van der Waals surface area contributed by atoms with Crippen molar-refractivity contribution in [1.29, 1.82) is 5.41 Å². The topological polar surface area (TPSA) is 57.1 Å². The van der Waals surface area contributed by atoms with Crippen LogP contribution in [0.25, 0.3) is 0 Å². The smallest absolute Gasteiger partial charge is 0.210 e. The first-order chi connectivity index (χ1) is 5.74. The standard InChI is InChI=1S/C8H15N3O/c1-6(3-10-2)8(9)12-7-4-11-5-7/h3,7,9-11H,4-5H2,1-2H3/b6-3+,9-8?. The molecular weight excluding hydrogens is 154 g/mol. The Labute approximate surface area is 72.5 Å². The van der Waals surface area contributed by atoms with Gasteiger partial charge in [-0.3, -0.25) is 5.41 Å². The minimum atomic E-state index is 0.192. The largest absolute Gasteiger partial charge is 0.472 e. The van der Waals surface area contributed by atoms with E-state index in [1.807, 2.05) is 14.0 Å². The molecule has 1 aliphatic rings. The molecule has 4 heteroatoms. The molecule has 0 radical (unpaired) electrons. The molecule has 1 heterocycles. The maximum Gasteiger partial charge on any atom is 0.210 e. The van der Waals surface area contributed by atoms with E-state index >= 15 is 0 Å². The Morgan fingerprint density at radius 2 is 2.33 bits per heavy atom. The monoisotopic (exact) mass is 169 g/mol. The van der Waals surface area contributed by atoms with Crippen molar-refractivity contribution < 1.29 is 4.74 Å². The minimum Gasteiger partial charge on any atom is -0.472 e. The van der Waals surface area contributed by atoms with Crippen LogP contribution in [0, 0.1) is 5.41 Å². The van der Waals surface area contributed by atoms with Crippen molar-refractivity contribution in [2.45, 2.75) is 13.0 Å². The fraction of sp³-hybridized carbons (Fsp3) is 0.625. The molecule has 1 saturated heterocycles. The van der Waals surface area contributed by atoms with Gasteiger partial charge < -0.3 is 15.4 Å². The van der Waals surface area contributed by atoms with E-state index in [0.29, 0.717) is 0 Å². The Kier molecular flexibility index (Phi) is 3.10. The third-order valence-corrected chi connectivity index (χ3v) is 1.75. The van der Waals surface area contributed by atoms with Crippen molar-refractivity contribution in [3.05, 3.63) is 11.8 Å². The summed E-state index contributed by atoms with van der Waals surface area (Å²) >= 11 is 0. The normalized spacial score (nSPS) is 18.3. The maximum absolute atomic E-state index is 7.51. The molecule has 0 atom stereocenters. The van der Waals surface area contributed by atoms with E-state index in [9.17, 15) is 0 Å². The zero-order chi connectivity index (χ0) is 8.97. The Bertz CT molecular complexity index is 196. The van der Waals surface area contributed by atoms with Crippen molar-refractivity contribution in [2.75, 3.05) is 20.1 Å². The lowest BCUT2D eigenvalue weighted by molar-refractivity contribution is 0.129. The molecule has 0 saturated carbocycles. The fourth-order valence-corrected chi connectivity index (χ4v) is 0.887. The van der Waals surface area contributed by atoms with E-state index < -0.39 is 0 Å². The average molecular weight is 169 g/mol. The van der Waals surface area contributed by atoms with Crippen LogP contribution in [0.2, 0.25) is 0 Å². The van der Waals surface area contributed by atoms with Crippen LogP contribution in [-0.2, 0) is 4.74 Å². The van der Waals surface area contributed by atoms with E-state index in [2.05, 4.69) is 10.6 Å². The first-order valence-corrected chi connectivity index (χ1v) is 4.04. The van der Waals surface area contributed by atoms with Crippen LogP contribution < -0.4 is 10.6 Å². The Morgan fingerprint density at radius 3 is 2.75 bits per heavy atom. The van der Waals surface area contributed by atoms with Gasteiger partial charge in [0, 0.05) is 31.9 Å². The summed E-state index contributed by atoms with van der Waals surface area (Å²) in [7, 11) is 1.81. The molecule has 0 aromatic heterocycles. The summed E-state index contributed by atoms with van der Waals surface area (Å²) in [5.41, 5.74) is 0.824. The minimum absolute atomic E-state index is 0.192. The van der Waals surface area contributed by atoms with Crippen molar-refractivity contribution in [3.63, 3.8) is 0 Å². The third-order valence-electron chi connectivity index (χ3n) is 1.75. The lowest BCUT2D eigenvalue weighted by Gasteiger charge is -2.27. The maximum atomic E-state index is 7.51. The molecule has 0 spiro atoms. The summed E-state index contributed by atoms with van der Waals surface area (Å²) in [6.07, 6.45) is 1.95. The molecule has 0 bridgehead atoms. The highest BCUT2D eigenvalue weighted by Crippen LogP contribution is 2.03. The number of ether oxygens (including phenoxy) is 1. The predicted octanol–water partition coefficient (Wildman–Crippen LogP) is 0.0753. The number of hydrogen-bond donors (Lipinski definition) is 3.